The molecule has 1 aromatic rings. The lowest BCUT2D eigenvalue weighted by atomic mass is 9.83. The first-order valence-corrected chi connectivity index (χ1v) is 6.32. The van der Waals surface area contributed by atoms with Crippen molar-refractivity contribution < 1.29 is 19.0 Å². The van der Waals surface area contributed by atoms with Gasteiger partial charge in [0.05, 0.1) is 24.9 Å². The van der Waals surface area contributed by atoms with Gasteiger partial charge in [0.1, 0.15) is 0 Å². The van der Waals surface area contributed by atoms with E-state index >= 15 is 0 Å². The maximum Gasteiger partial charge on any atom is 0.165 e. The van der Waals surface area contributed by atoms with E-state index in [0.29, 0.717) is 12.8 Å². The van der Waals surface area contributed by atoms with E-state index in [2.05, 4.69) is 0 Å². The predicted molar refractivity (Wildman–Crippen MR) is 64.0 cm³/mol. The molecule has 3 rings (SSSR count). The molecule has 1 N–H and O–H groups in total. The van der Waals surface area contributed by atoms with Crippen LogP contribution in [0.1, 0.15) is 31.2 Å². The number of halogens is 1. The summed E-state index contributed by atoms with van der Waals surface area (Å²) in [4.78, 5) is 0. The number of benzene rings is 1. The van der Waals surface area contributed by atoms with Gasteiger partial charge in [0, 0.05) is 12.8 Å². The van der Waals surface area contributed by atoms with Crippen molar-refractivity contribution in [2.75, 3.05) is 7.11 Å². The summed E-state index contributed by atoms with van der Waals surface area (Å²) in [6, 6.07) is 4.59. The summed E-state index contributed by atoms with van der Waals surface area (Å²) in [5.74, 6) is -0.223. The maximum atomic E-state index is 13.4. The molecule has 0 aliphatic carbocycles. The number of ether oxygens (including phenoxy) is 2. The number of fused-ring (bicyclic) bond motifs is 2. The highest BCUT2D eigenvalue weighted by atomic mass is 19.1. The number of hydrogen-bond donors (Lipinski definition) is 1. The molecular weight excluding hydrogens is 235 g/mol. The van der Waals surface area contributed by atoms with Crippen LogP contribution in [0.15, 0.2) is 18.2 Å². The molecule has 2 aliphatic rings. The van der Waals surface area contributed by atoms with E-state index in [1.54, 1.807) is 12.1 Å². The summed E-state index contributed by atoms with van der Waals surface area (Å²) in [5, 5.41) is 10.8. The summed E-state index contributed by atoms with van der Waals surface area (Å²) in [6.45, 7) is 0. The molecule has 98 valence electrons. The fraction of sp³-hybridized carbons (Fsp3) is 0.571. The molecular formula is C14H17FO3. The number of rotatable bonds is 2. The molecule has 2 bridgehead atoms. The van der Waals surface area contributed by atoms with Gasteiger partial charge in [-0.2, -0.15) is 0 Å². The van der Waals surface area contributed by atoms with E-state index in [4.69, 9.17) is 9.47 Å². The van der Waals surface area contributed by atoms with Gasteiger partial charge in [-0.25, -0.2) is 4.39 Å². The summed E-state index contributed by atoms with van der Waals surface area (Å²) in [5.41, 5.74) is -0.189. The van der Waals surface area contributed by atoms with E-state index < -0.39 is 11.4 Å². The first kappa shape index (κ1) is 11.9. The quantitative estimate of drug-likeness (QED) is 0.878. The Morgan fingerprint density at radius 2 is 2.00 bits per heavy atom. The second kappa shape index (κ2) is 4.21. The second-order valence-electron chi connectivity index (χ2n) is 5.25. The van der Waals surface area contributed by atoms with Crippen molar-refractivity contribution in [3.8, 4) is 5.75 Å². The standard InChI is InChI=1S/C14H17FO3/c1-17-13-6-9(2-5-12(13)15)14(16)7-10-3-4-11(8-14)18-10/h2,5-6,10-11,16H,3-4,7-8H2,1H3. The molecule has 1 aromatic carbocycles. The number of hydrogen-bond acceptors (Lipinski definition) is 3. The minimum atomic E-state index is -0.912. The zero-order valence-electron chi connectivity index (χ0n) is 10.4. The first-order valence-electron chi connectivity index (χ1n) is 6.32. The van der Waals surface area contributed by atoms with Gasteiger partial charge in [0.2, 0.25) is 0 Å². The number of aliphatic hydroxyl groups is 1. The Morgan fingerprint density at radius 3 is 2.61 bits per heavy atom. The van der Waals surface area contributed by atoms with Crippen molar-refractivity contribution in [1.82, 2.24) is 0 Å². The monoisotopic (exact) mass is 252 g/mol. The van der Waals surface area contributed by atoms with E-state index in [1.807, 2.05) is 0 Å². The summed E-state index contributed by atoms with van der Waals surface area (Å²) >= 11 is 0. The molecule has 4 heteroatoms. The van der Waals surface area contributed by atoms with Crippen molar-refractivity contribution in [2.24, 2.45) is 0 Å². The van der Waals surface area contributed by atoms with Crippen LogP contribution in [0.4, 0.5) is 4.39 Å². The van der Waals surface area contributed by atoms with Crippen LogP contribution in [-0.2, 0) is 10.3 Å². The van der Waals surface area contributed by atoms with Crippen molar-refractivity contribution in [1.29, 1.82) is 0 Å². The van der Waals surface area contributed by atoms with Crippen LogP contribution in [0.25, 0.3) is 0 Å². The smallest absolute Gasteiger partial charge is 0.165 e. The SMILES string of the molecule is COc1cc(C2(O)CC3CCC(C2)O3)ccc1F. The summed E-state index contributed by atoms with van der Waals surface area (Å²) in [7, 11) is 1.43. The highest BCUT2D eigenvalue weighted by Gasteiger charge is 2.44. The van der Waals surface area contributed by atoms with E-state index in [1.165, 1.54) is 13.2 Å². The van der Waals surface area contributed by atoms with Crippen molar-refractivity contribution in [2.45, 2.75) is 43.5 Å². The van der Waals surface area contributed by atoms with Crippen LogP contribution < -0.4 is 4.74 Å². The van der Waals surface area contributed by atoms with Gasteiger partial charge >= 0.3 is 0 Å². The molecule has 0 aromatic heterocycles. The lowest BCUT2D eigenvalue weighted by Gasteiger charge is -2.37. The molecule has 2 heterocycles. The fourth-order valence-corrected chi connectivity index (χ4v) is 3.10. The normalized spacial score (nSPS) is 34.6. The Kier molecular flexibility index (Phi) is 2.79. The van der Waals surface area contributed by atoms with E-state index in [9.17, 15) is 9.50 Å². The molecule has 0 amide bonds. The van der Waals surface area contributed by atoms with Crippen molar-refractivity contribution in [3.63, 3.8) is 0 Å². The fourth-order valence-electron chi connectivity index (χ4n) is 3.10. The molecule has 0 radical (unpaired) electrons. The zero-order chi connectivity index (χ0) is 12.8. The van der Waals surface area contributed by atoms with Gasteiger partial charge in [-0.1, -0.05) is 6.07 Å². The van der Waals surface area contributed by atoms with Gasteiger partial charge < -0.3 is 14.6 Å². The van der Waals surface area contributed by atoms with Gasteiger partial charge in [-0.3, -0.25) is 0 Å². The Hall–Kier alpha value is -1.13. The van der Waals surface area contributed by atoms with Crippen LogP contribution in [0, 0.1) is 5.82 Å². The van der Waals surface area contributed by atoms with Crippen LogP contribution >= 0.6 is 0 Å². The third kappa shape index (κ3) is 1.89. The minimum absolute atomic E-state index is 0.129. The molecule has 0 spiro atoms. The molecule has 2 fully saturated rings. The highest BCUT2D eigenvalue weighted by molar-refractivity contribution is 5.34. The van der Waals surface area contributed by atoms with Gasteiger partial charge in [0.25, 0.3) is 0 Å². The van der Waals surface area contributed by atoms with Gasteiger partial charge in [-0.05, 0) is 30.5 Å². The van der Waals surface area contributed by atoms with Crippen LogP contribution in [-0.4, -0.2) is 24.4 Å². The average Bonchev–Trinajstić information content (AvgIpc) is 2.69. The van der Waals surface area contributed by atoms with Crippen molar-refractivity contribution >= 4 is 0 Å². The third-order valence-electron chi connectivity index (χ3n) is 4.01. The summed E-state index contributed by atoms with van der Waals surface area (Å²) < 4.78 is 24.1. The molecule has 2 atom stereocenters. The Labute approximate surface area is 106 Å². The topological polar surface area (TPSA) is 38.7 Å². The first-order chi connectivity index (χ1) is 8.60. The molecule has 2 unspecified atom stereocenters. The zero-order valence-corrected chi connectivity index (χ0v) is 10.4. The van der Waals surface area contributed by atoms with Crippen LogP contribution in [0.5, 0.6) is 5.75 Å². The predicted octanol–water partition coefficient (Wildman–Crippen LogP) is 2.36. The Bertz CT molecular complexity index is 448. The van der Waals surface area contributed by atoms with Crippen molar-refractivity contribution in [3.05, 3.63) is 29.6 Å². The molecule has 2 saturated heterocycles. The second-order valence-corrected chi connectivity index (χ2v) is 5.25. The van der Waals surface area contributed by atoms with Gasteiger partial charge in [-0.15, -0.1) is 0 Å². The number of methoxy groups -OCH3 is 1. The largest absolute Gasteiger partial charge is 0.494 e. The van der Waals surface area contributed by atoms with Crippen LogP contribution in [0.2, 0.25) is 0 Å². The van der Waals surface area contributed by atoms with E-state index in [-0.39, 0.29) is 18.0 Å². The third-order valence-corrected chi connectivity index (χ3v) is 4.01. The minimum Gasteiger partial charge on any atom is -0.494 e. The molecule has 2 aliphatic heterocycles. The molecule has 18 heavy (non-hydrogen) atoms. The average molecular weight is 252 g/mol. The highest BCUT2D eigenvalue weighted by Crippen LogP contribution is 2.44. The lowest BCUT2D eigenvalue weighted by Crippen LogP contribution is -2.38. The Balaban J connectivity index is 1.93. The Morgan fingerprint density at radius 1 is 1.33 bits per heavy atom. The molecule has 3 nitrogen and oxygen atoms in total. The van der Waals surface area contributed by atoms with E-state index in [0.717, 1.165) is 18.4 Å². The van der Waals surface area contributed by atoms with Gasteiger partial charge in [0.15, 0.2) is 11.6 Å². The lowest BCUT2D eigenvalue weighted by molar-refractivity contribution is -0.115. The molecule has 0 saturated carbocycles. The maximum absolute atomic E-state index is 13.4. The summed E-state index contributed by atoms with van der Waals surface area (Å²) in [6.07, 6.45) is 3.43. The van der Waals surface area contributed by atoms with Crippen LogP contribution in [0.3, 0.4) is 0 Å².